The van der Waals surface area contributed by atoms with Gasteiger partial charge in [0.25, 0.3) is 0 Å². The third-order valence-corrected chi connectivity index (χ3v) is 4.93. The van der Waals surface area contributed by atoms with Gasteiger partial charge in [-0.15, -0.1) is 0 Å². The molecule has 4 aliphatic carbocycles. The number of aliphatic hydroxyl groups is 2. The first-order valence-corrected chi connectivity index (χ1v) is 6.38. The molecule has 0 saturated heterocycles. The molecule has 4 nitrogen and oxygen atoms in total. The van der Waals surface area contributed by atoms with Crippen LogP contribution < -0.4 is 0 Å². The lowest BCUT2D eigenvalue weighted by atomic mass is 9.49. The number of halogens is 2. The van der Waals surface area contributed by atoms with Crippen LogP contribution in [0.1, 0.15) is 13.8 Å². The SMILES string of the molecule is C[C@@]1(O)C(=O)C=C(F)[C@@H]2[C@H]3C(=O)[C@@](C)(O)[C@H](C=C3F)[C@@H]21. The molecule has 20 heavy (non-hydrogen) atoms. The summed E-state index contributed by atoms with van der Waals surface area (Å²) in [6, 6.07) is 0. The highest BCUT2D eigenvalue weighted by atomic mass is 19.1. The van der Waals surface area contributed by atoms with Gasteiger partial charge in [0, 0.05) is 23.8 Å². The number of allylic oxidation sites excluding steroid dienone is 2. The molecule has 1 fully saturated rings. The van der Waals surface area contributed by atoms with Gasteiger partial charge in [-0.1, -0.05) is 0 Å². The van der Waals surface area contributed by atoms with Crippen molar-refractivity contribution in [2.75, 3.05) is 0 Å². The molecule has 0 amide bonds. The summed E-state index contributed by atoms with van der Waals surface area (Å²) in [5.74, 6) is -8.25. The summed E-state index contributed by atoms with van der Waals surface area (Å²) in [4.78, 5) is 23.9. The third-order valence-electron chi connectivity index (χ3n) is 4.93. The zero-order valence-corrected chi connectivity index (χ0v) is 10.9. The van der Waals surface area contributed by atoms with Crippen LogP contribution in [0.4, 0.5) is 8.78 Å². The Hall–Kier alpha value is -1.40. The van der Waals surface area contributed by atoms with Gasteiger partial charge in [-0.2, -0.15) is 0 Å². The summed E-state index contributed by atoms with van der Waals surface area (Å²) in [5.41, 5.74) is -3.85. The molecule has 6 atom stereocenters. The van der Waals surface area contributed by atoms with E-state index >= 15 is 0 Å². The molecule has 0 spiro atoms. The number of ketones is 2. The fourth-order valence-corrected chi connectivity index (χ4v) is 3.82. The largest absolute Gasteiger partial charge is 0.382 e. The van der Waals surface area contributed by atoms with E-state index < -0.39 is 58.1 Å². The molecule has 0 unspecified atom stereocenters. The molecular weight excluding hydrogens is 270 g/mol. The van der Waals surface area contributed by atoms with E-state index in [-0.39, 0.29) is 0 Å². The van der Waals surface area contributed by atoms with E-state index in [0.29, 0.717) is 6.08 Å². The summed E-state index contributed by atoms with van der Waals surface area (Å²) >= 11 is 0. The molecule has 6 heteroatoms. The molecule has 0 aromatic rings. The summed E-state index contributed by atoms with van der Waals surface area (Å²) in [7, 11) is 0. The van der Waals surface area contributed by atoms with Crippen molar-refractivity contribution < 1.29 is 28.6 Å². The monoisotopic (exact) mass is 284 g/mol. The van der Waals surface area contributed by atoms with Gasteiger partial charge in [0.15, 0.2) is 11.6 Å². The van der Waals surface area contributed by atoms with E-state index in [1.165, 1.54) is 13.8 Å². The van der Waals surface area contributed by atoms with Crippen molar-refractivity contribution in [2.45, 2.75) is 25.0 Å². The molecule has 2 N–H and O–H groups in total. The minimum atomic E-state index is -1.94. The van der Waals surface area contributed by atoms with E-state index in [0.717, 1.165) is 6.08 Å². The first-order valence-electron chi connectivity index (χ1n) is 6.38. The van der Waals surface area contributed by atoms with Crippen molar-refractivity contribution in [1.29, 1.82) is 0 Å². The van der Waals surface area contributed by atoms with Gasteiger partial charge in [-0.3, -0.25) is 9.59 Å². The smallest absolute Gasteiger partial charge is 0.189 e. The van der Waals surface area contributed by atoms with Crippen LogP contribution in [0.2, 0.25) is 0 Å². The van der Waals surface area contributed by atoms with Crippen LogP contribution in [0, 0.1) is 23.7 Å². The molecule has 108 valence electrons. The van der Waals surface area contributed by atoms with E-state index in [2.05, 4.69) is 0 Å². The van der Waals surface area contributed by atoms with Crippen molar-refractivity contribution in [2.24, 2.45) is 23.7 Å². The molecule has 0 aromatic carbocycles. The van der Waals surface area contributed by atoms with E-state index in [1.807, 2.05) is 0 Å². The Bertz CT molecular complexity index is 588. The van der Waals surface area contributed by atoms with E-state index in [4.69, 9.17) is 0 Å². The molecule has 4 aliphatic rings. The number of rotatable bonds is 0. The highest BCUT2D eigenvalue weighted by Gasteiger charge is 2.67. The van der Waals surface area contributed by atoms with Gasteiger partial charge in [-0.25, -0.2) is 8.78 Å². The zero-order chi connectivity index (χ0) is 15.0. The third kappa shape index (κ3) is 1.36. The maximum absolute atomic E-state index is 14.1. The van der Waals surface area contributed by atoms with Crippen molar-refractivity contribution in [1.82, 2.24) is 0 Å². The second kappa shape index (κ2) is 3.62. The summed E-state index contributed by atoms with van der Waals surface area (Å²) < 4.78 is 28.0. The second-order valence-electron chi connectivity index (χ2n) is 6.16. The highest BCUT2D eigenvalue weighted by Crippen LogP contribution is 2.58. The van der Waals surface area contributed by atoms with Gasteiger partial charge in [0.1, 0.15) is 22.9 Å². The highest BCUT2D eigenvalue weighted by molar-refractivity contribution is 6.01. The van der Waals surface area contributed by atoms with Crippen LogP contribution in [0.5, 0.6) is 0 Å². The van der Waals surface area contributed by atoms with E-state index in [9.17, 15) is 28.6 Å². The van der Waals surface area contributed by atoms with Crippen molar-refractivity contribution in [3.8, 4) is 0 Å². The average molecular weight is 284 g/mol. The number of hydrogen-bond acceptors (Lipinski definition) is 4. The lowest BCUT2D eigenvalue weighted by molar-refractivity contribution is -0.180. The normalized spacial score (nSPS) is 50.7. The first kappa shape index (κ1) is 13.6. The molecule has 2 bridgehead atoms. The average Bonchev–Trinajstić information content (AvgIpc) is 2.32. The van der Waals surface area contributed by atoms with Crippen LogP contribution in [0.15, 0.2) is 23.8 Å². The number of carbonyl (C=O) groups excluding carboxylic acids is 2. The lowest BCUT2D eigenvalue weighted by Crippen LogP contribution is -2.67. The number of carbonyl (C=O) groups is 2. The Balaban J connectivity index is 2.25. The minimum absolute atomic E-state index is 0.622. The van der Waals surface area contributed by atoms with Crippen LogP contribution in [-0.2, 0) is 9.59 Å². The summed E-state index contributed by atoms with van der Waals surface area (Å²) in [6.45, 7) is 2.42. The molecular formula is C14H14F2O4. The van der Waals surface area contributed by atoms with Gasteiger partial charge in [0.2, 0.25) is 0 Å². The Kier molecular flexibility index (Phi) is 2.46. The first-order chi connectivity index (χ1) is 9.10. The van der Waals surface area contributed by atoms with Crippen LogP contribution in [0.25, 0.3) is 0 Å². The number of fused-ring (bicyclic) bond motifs is 1. The van der Waals surface area contributed by atoms with Crippen molar-refractivity contribution >= 4 is 11.6 Å². The van der Waals surface area contributed by atoms with Crippen LogP contribution in [-0.4, -0.2) is 33.0 Å². The maximum Gasteiger partial charge on any atom is 0.189 e. The van der Waals surface area contributed by atoms with Gasteiger partial charge in [0.05, 0.1) is 5.92 Å². The Morgan fingerprint density at radius 1 is 1.10 bits per heavy atom. The molecule has 4 rings (SSSR count). The summed E-state index contributed by atoms with van der Waals surface area (Å²) in [6.07, 6.45) is 1.66. The molecule has 0 aromatic heterocycles. The Morgan fingerprint density at radius 3 is 2.30 bits per heavy atom. The molecule has 0 aliphatic heterocycles. The molecule has 1 saturated carbocycles. The minimum Gasteiger partial charge on any atom is -0.382 e. The predicted molar refractivity (Wildman–Crippen MR) is 63.6 cm³/mol. The maximum atomic E-state index is 14.1. The standard InChI is InChI=1S/C14H14F2O4/c1-13(19)5-3-6(15)10(12(13)18)9-7(16)4-8(17)14(2,20)11(5)9/h3-5,9-11,19-20H,1-2H3/t5-,9-,10+,11+,13+,14-/m1/s1. The zero-order valence-electron chi connectivity index (χ0n) is 10.9. The lowest BCUT2D eigenvalue weighted by Gasteiger charge is -2.55. The molecule has 0 heterocycles. The quantitative estimate of drug-likeness (QED) is 0.691. The van der Waals surface area contributed by atoms with Gasteiger partial charge in [-0.05, 0) is 19.9 Å². The summed E-state index contributed by atoms with van der Waals surface area (Å²) in [5, 5.41) is 20.6. The predicted octanol–water partition coefficient (Wildman–Crippen LogP) is 0.839. The Morgan fingerprint density at radius 2 is 1.70 bits per heavy atom. The van der Waals surface area contributed by atoms with E-state index in [1.54, 1.807) is 0 Å². The molecule has 0 radical (unpaired) electrons. The van der Waals surface area contributed by atoms with Gasteiger partial charge < -0.3 is 10.2 Å². The second-order valence-corrected chi connectivity index (χ2v) is 6.16. The van der Waals surface area contributed by atoms with Crippen molar-refractivity contribution in [3.05, 3.63) is 23.8 Å². The number of hydrogen-bond donors (Lipinski definition) is 2. The van der Waals surface area contributed by atoms with Gasteiger partial charge >= 0.3 is 0 Å². The van der Waals surface area contributed by atoms with Crippen LogP contribution in [0.3, 0.4) is 0 Å². The Labute approximate surface area is 113 Å². The van der Waals surface area contributed by atoms with Crippen molar-refractivity contribution in [3.63, 3.8) is 0 Å². The fraction of sp³-hybridized carbons (Fsp3) is 0.571. The fourth-order valence-electron chi connectivity index (χ4n) is 3.82. The topological polar surface area (TPSA) is 74.6 Å². The number of Topliss-reactive ketones (excluding diaryl/α,β-unsaturated/α-hetero) is 1. The van der Waals surface area contributed by atoms with Crippen LogP contribution >= 0.6 is 0 Å².